The molecular weight excluding hydrogens is 172 g/mol. The Bertz CT molecular complexity index is 216. The fraction of sp³-hybridized carbons (Fsp3) is 0.750. The molecule has 0 aromatic carbocycles. The van der Waals surface area contributed by atoms with Crippen molar-refractivity contribution in [3.63, 3.8) is 0 Å². The molecule has 72 valence electrons. The molecule has 13 heavy (non-hydrogen) atoms. The number of nitriles is 1. The zero-order chi connectivity index (χ0) is 9.68. The normalized spacial score (nSPS) is 22.2. The van der Waals surface area contributed by atoms with Crippen LogP contribution in [0.25, 0.3) is 0 Å². The number of carbonyl (C=O) groups excluding carboxylic acids is 1. The van der Waals surface area contributed by atoms with Crippen LogP contribution in [0.15, 0.2) is 0 Å². The summed E-state index contributed by atoms with van der Waals surface area (Å²) in [5.74, 6) is -0.106. The van der Waals surface area contributed by atoms with Crippen molar-refractivity contribution in [2.45, 2.75) is 13.3 Å². The minimum atomic E-state index is -0.473. The van der Waals surface area contributed by atoms with Crippen LogP contribution in [-0.2, 0) is 9.57 Å². The largest absolute Gasteiger partial charge is 0.448 e. The second kappa shape index (κ2) is 4.67. The van der Waals surface area contributed by atoms with E-state index in [9.17, 15) is 4.79 Å². The maximum absolute atomic E-state index is 11.1. The smallest absolute Gasteiger partial charge is 0.433 e. The van der Waals surface area contributed by atoms with Gasteiger partial charge in [-0.1, -0.05) is 0 Å². The highest BCUT2D eigenvalue weighted by molar-refractivity contribution is 5.66. The summed E-state index contributed by atoms with van der Waals surface area (Å²) in [7, 11) is 0. The lowest BCUT2D eigenvalue weighted by molar-refractivity contribution is -0.166. The fourth-order valence-corrected chi connectivity index (χ4v) is 1.04. The topological polar surface area (TPSA) is 62.6 Å². The summed E-state index contributed by atoms with van der Waals surface area (Å²) < 4.78 is 4.73. The van der Waals surface area contributed by atoms with Gasteiger partial charge in [0.05, 0.1) is 31.7 Å². The third kappa shape index (κ3) is 2.60. The number of hydrogen-bond acceptors (Lipinski definition) is 4. The van der Waals surface area contributed by atoms with Crippen LogP contribution in [0.3, 0.4) is 0 Å². The van der Waals surface area contributed by atoms with Gasteiger partial charge in [0.2, 0.25) is 0 Å². The summed E-state index contributed by atoms with van der Waals surface area (Å²) in [5, 5.41) is 9.72. The van der Waals surface area contributed by atoms with Gasteiger partial charge in [-0.3, -0.25) is 4.84 Å². The standard InChI is InChI=1S/C8H12N2O3/c1-2-12-8(11)10-4-3-7(5-9)6-13-10/h7H,2-4,6H2,1H3. The minimum absolute atomic E-state index is 0.106. The second-order valence-corrected chi connectivity index (χ2v) is 2.71. The first-order valence-corrected chi connectivity index (χ1v) is 4.24. The maximum atomic E-state index is 11.1. The monoisotopic (exact) mass is 184 g/mol. The van der Waals surface area contributed by atoms with Gasteiger partial charge in [0, 0.05) is 0 Å². The van der Waals surface area contributed by atoms with Gasteiger partial charge >= 0.3 is 6.09 Å². The van der Waals surface area contributed by atoms with E-state index in [2.05, 4.69) is 6.07 Å². The molecule has 1 rings (SSSR count). The molecular formula is C8H12N2O3. The molecule has 0 aliphatic carbocycles. The second-order valence-electron chi connectivity index (χ2n) is 2.71. The molecule has 1 unspecified atom stereocenters. The first-order chi connectivity index (χ1) is 6.27. The Balaban J connectivity index is 2.33. The number of rotatable bonds is 1. The van der Waals surface area contributed by atoms with Crippen LogP contribution in [0.4, 0.5) is 4.79 Å². The van der Waals surface area contributed by atoms with E-state index in [-0.39, 0.29) is 12.5 Å². The molecule has 0 aromatic heterocycles. The fourth-order valence-electron chi connectivity index (χ4n) is 1.04. The summed E-state index contributed by atoms with van der Waals surface area (Å²) in [4.78, 5) is 16.1. The molecule has 5 heteroatoms. The number of hydrogen-bond donors (Lipinski definition) is 0. The van der Waals surface area contributed by atoms with Crippen molar-refractivity contribution in [1.29, 1.82) is 5.26 Å². The van der Waals surface area contributed by atoms with Crippen molar-refractivity contribution in [1.82, 2.24) is 5.06 Å². The number of carbonyl (C=O) groups is 1. The molecule has 1 saturated heterocycles. The summed E-state index contributed by atoms with van der Waals surface area (Å²) in [6, 6.07) is 2.09. The van der Waals surface area contributed by atoms with Gasteiger partial charge in [0.15, 0.2) is 0 Å². The van der Waals surface area contributed by atoms with Crippen LogP contribution < -0.4 is 0 Å². The third-order valence-electron chi connectivity index (χ3n) is 1.77. The quantitative estimate of drug-likeness (QED) is 0.607. The summed E-state index contributed by atoms with van der Waals surface area (Å²) in [6.07, 6.45) is 0.175. The van der Waals surface area contributed by atoms with Gasteiger partial charge < -0.3 is 4.74 Å². The van der Waals surface area contributed by atoms with E-state index in [4.69, 9.17) is 14.8 Å². The molecule has 0 saturated carbocycles. The zero-order valence-corrected chi connectivity index (χ0v) is 7.52. The van der Waals surface area contributed by atoms with E-state index in [0.29, 0.717) is 19.6 Å². The minimum Gasteiger partial charge on any atom is -0.448 e. The van der Waals surface area contributed by atoms with Crippen LogP contribution >= 0.6 is 0 Å². The lowest BCUT2D eigenvalue weighted by Gasteiger charge is -2.27. The molecule has 0 aromatic rings. The molecule has 0 bridgehead atoms. The van der Waals surface area contributed by atoms with Crippen molar-refractivity contribution in [2.24, 2.45) is 5.92 Å². The highest BCUT2D eigenvalue weighted by Crippen LogP contribution is 2.13. The molecule has 1 amide bonds. The van der Waals surface area contributed by atoms with Crippen molar-refractivity contribution < 1.29 is 14.4 Å². The lowest BCUT2D eigenvalue weighted by atomic mass is 10.1. The van der Waals surface area contributed by atoms with E-state index >= 15 is 0 Å². The Morgan fingerprint density at radius 2 is 2.62 bits per heavy atom. The molecule has 0 spiro atoms. The highest BCUT2D eigenvalue weighted by Gasteiger charge is 2.24. The lowest BCUT2D eigenvalue weighted by Crippen LogP contribution is -2.39. The number of amides is 1. The molecule has 1 aliphatic rings. The average Bonchev–Trinajstić information content (AvgIpc) is 2.18. The molecule has 1 aliphatic heterocycles. The molecule has 1 heterocycles. The Hall–Kier alpha value is -1.28. The number of hydroxylamine groups is 2. The first kappa shape index (κ1) is 9.81. The van der Waals surface area contributed by atoms with Gasteiger partial charge in [0.25, 0.3) is 0 Å². The van der Waals surface area contributed by atoms with Gasteiger partial charge in [-0.25, -0.2) is 4.79 Å². The third-order valence-corrected chi connectivity index (χ3v) is 1.77. The molecule has 1 atom stereocenters. The predicted octanol–water partition coefficient (Wildman–Crippen LogP) is 0.920. The molecule has 5 nitrogen and oxygen atoms in total. The number of ether oxygens (including phenoxy) is 1. The van der Waals surface area contributed by atoms with Crippen LogP contribution in [0.5, 0.6) is 0 Å². The summed E-state index contributed by atoms with van der Waals surface area (Å²) in [5.41, 5.74) is 0. The first-order valence-electron chi connectivity index (χ1n) is 4.24. The molecule has 1 fully saturated rings. The van der Waals surface area contributed by atoms with E-state index in [1.807, 2.05) is 0 Å². The Morgan fingerprint density at radius 1 is 1.85 bits per heavy atom. The predicted molar refractivity (Wildman–Crippen MR) is 43.4 cm³/mol. The van der Waals surface area contributed by atoms with Crippen molar-refractivity contribution >= 4 is 6.09 Å². The SMILES string of the molecule is CCOC(=O)N1CCC(C#N)CO1. The van der Waals surface area contributed by atoms with Crippen molar-refractivity contribution in [2.75, 3.05) is 19.8 Å². The van der Waals surface area contributed by atoms with Crippen LogP contribution in [0.2, 0.25) is 0 Å². The van der Waals surface area contributed by atoms with Gasteiger partial charge in [-0.05, 0) is 13.3 Å². The van der Waals surface area contributed by atoms with Crippen molar-refractivity contribution in [3.05, 3.63) is 0 Å². The Morgan fingerprint density at radius 3 is 3.08 bits per heavy atom. The Kier molecular flexibility index (Phi) is 3.53. The van der Waals surface area contributed by atoms with E-state index in [0.717, 1.165) is 5.06 Å². The summed E-state index contributed by atoms with van der Waals surface area (Å²) in [6.45, 7) is 2.77. The van der Waals surface area contributed by atoms with E-state index in [1.165, 1.54) is 0 Å². The van der Waals surface area contributed by atoms with Gasteiger partial charge in [-0.2, -0.15) is 10.3 Å². The molecule has 0 N–H and O–H groups in total. The van der Waals surface area contributed by atoms with Crippen LogP contribution in [0.1, 0.15) is 13.3 Å². The zero-order valence-electron chi connectivity index (χ0n) is 7.52. The van der Waals surface area contributed by atoms with E-state index in [1.54, 1.807) is 6.92 Å². The molecule has 0 radical (unpaired) electrons. The highest BCUT2D eigenvalue weighted by atomic mass is 16.7. The van der Waals surface area contributed by atoms with Crippen LogP contribution in [0, 0.1) is 17.2 Å². The Labute approximate surface area is 76.8 Å². The van der Waals surface area contributed by atoms with Crippen LogP contribution in [-0.4, -0.2) is 30.9 Å². The van der Waals surface area contributed by atoms with E-state index < -0.39 is 6.09 Å². The van der Waals surface area contributed by atoms with Gasteiger partial charge in [0.1, 0.15) is 0 Å². The average molecular weight is 184 g/mol. The maximum Gasteiger partial charge on any atom is 0.433 e. The van der Waals surface area contributed by atoms with Crippen molar-refractivity contribution in [3.8, 4) is 6.07 Å². The van der Waals surface area contributed by atoms with Gasteiger partial charge in [-0.15, -0.1) is 0 Å². The summed E-state index contributed by atoms with van der Waals surface area (Å²) >= 11 is 0. The number of nitrogens with zero attached hydrogens (tertiary/aromatic N) is 2.